The fourth-order valence-electron chi connectivity index (χ4n) is 8.68. The molecule has 0 bridgehead atoms. The first-order valence-electron chi connectivity index (χ1n) is 19.4. The van der Waals surface area contributed by atoms with Crippen LogP contribution < -0.4 is 26.0 Å². The van der Waals surface area contributed by atoms with Crippen LogP contribution in [0.5, 0.6) is 11.5 Å². The molecule has 2 aliphatic rings. The van der Waals surface area contributed by atoms with Gasteiger partial charge >= 0.3 is 0 Å². The van der Waals surface area contributed by atoms with Crippen LogP contribution in [0.3, 0.4) is 0 Å². The average Bonchev–Trinajstić information content (AvgIpc) is 3.58. The second-order valence-corrected chi connectivity index (χ2v) is 17.0. The Morgan fingerprint density at radius 1 is 0.611 bits per heavy atom. The summed E-state index contributed by atoms with van der Waals surface area (Å²) in [6.45, 7) is 9.23. The third kappa shape index (κ3) is 5.30. The van der Waals surface area contributed by atoms with Gasteiger partial charge in [0.1, 0.15) is 11.5 Å². The van der Waals surface area contributed by atoms with Crippen LogP contribution >= 0.6 is 11.3 Å². The minimum atomic E-state index is -0.0837. The summed E-state index contributed by atoms with van der Waals surface area (Å²) in [6, 6.07) is 54.0. The molecule has 0 amide bonds. The SMILES string of the molecule is CCCCc1ccc2c(sc3ccccc32)c1N1c2ccc(-c3ccccc3)cc2B2c3cc(-c4ccccc4)ccc3Oc3cc(C(C)(C)C)cc1c32. The van der Waals surface area contributed by atoms with E-state index in [1.54, 1.807) is 0 Å². The maximum Gasteiger partial charge on any atom is 0.256 e. The number of hydrogen-bond acceptors (Lipinski definition) is 3. The molecule has 1 aromatic heterocycles. The molecular formula is C50H42BNOS. The molecule has 10 rings (SSSR count). The van der Waals surface area contributed by atoms with Crippen molar-refractivity contribution in [3.63, 3.8) is 0 Å². The van der Waals surface area contributed by atoms with Crippen molar-refractivity contribution in [1.82, 2.24) is 0 Å². The molecule has 0 saturated carbocycles. The van der Waals surface area contributed by atoms with E-state index in [9.17, 15) is 0 Å². The van der Waals surface area contributed by atoms with E-state index in [-0.39, 0.29) is 12.1 Å². The van der Waals surface area contributed by atoms with E-state index in [1.807, 2.05) is 11.3 Å². The first kappa shape index (κ1) is 33.0. The Kier molecular flexibility index (Phi) is 7.82. The molecule has 4 heteroatoms. The van der Waals surface area contributed by atoms with Crippen LogP contribution in [0, 0.1) is 0 Å². The highest BCUT2D eigenvalue weighted by molar-refractivity contribution is 7.26. The van der Waals surface area contributed by atoms with Crippen LogP contribution in [0.4, 0.5) is 17.1 Å². The van der Waals surface area contributed by atoms with Crippen molar-refractivity contribution < 1.29 is 4.74 Å². The average molecular weight is 716 g/mol. The Bertz CT molecular complexity index is 2730. The van der Waals surface area contributed by atoms with Gasteiger partial charge in [-0.25, -0.2) is 0 Å². The van der Waals surface area contributed by atoms with E-state index >= 15 is 0 Å². The third-order valence-corrected chi connectivity index (χ3v) is 12.7. The summed E-state index contributed by atoms with van der Waals surface area (Å²) in [4.78, 5) is 2.63. The van der Waals surface area contributed by atoms with Gasteiger partial charge in [-0.2, -0.15) is 0 Å². The molecule has 2 aliphatic heterocycles. The summed E-state index contributed by atoms with van der Waals surface area (Å²) in [5.74, 6) is 1.89. The van der Waals surface area contributed by atoms with Crippen molar-refractivity contribution >= 4 is 71.7 Å². The minimum absolute atomic E-state index is 0.00737. The van der Waals surface area contributed by atoms with Crippen LogP contribution in [0.15, 0.2) is 146 Å². The highest BCUT2D eigenvalue weighted by Gasteiger charge is 2.43. The van der Waals surface area contributed by atoms with Crippen molar-refractivity contribution in [2.75, 3.05) is 4.90 Å². The number of anilines is 3. The third-order valence-electron chi connectivity index (χ3n) is 11.5. The normalized spacial score (nSPS) is 13.1. The van der Waals surface area contributed by atoms with Gasteiger partial charge in [0.25, 0.3) is 6.71 Å². The lowest BCUT2D eigenvalue weighted by atomic mass is 9.34. The number of rotatable bonds is 6. The number of hydrogen-bond donors (Lipinski definition) is 0. The Hall–Kier alpha value is -5.58. The number of nitrogens with zero attached hydrogens (tertiary/aromatic N) is 1. The second-order valence-electron chi connectivity index (χ2n) is 15.9. The first-order chi connectivity index (χ1) is 26.4. The van der Waals surface area contributed by atoms with E-state index in [2.05, 4.69) is 178 Å². The number of aryl methyl sites for hydroxylation is 1. The zero-order valence-electron chi connectivity index (χ0n) is 31.3. The summed E-state index contributed by atoms with van der Waals surface area (Å²) in [6.07, 6.45) is 3.30. The molecule has 0 unspecified atom stereocenters. The minimum Gasteiger partial charge on any atom is -0.458 e. The molecule has 0 N–H and O–H groups in total. The number of unbranched alkanes of at least 4 members (excludes halogenated alkanes) is 1. The van der Waals surface area contributed by atoms with Crippen molar-refractivity contribution in [1.29, 1.82) is 0 Å². The monoisotopic (exact) mass is 715 g/mol. The Morgan fingerprint density at radius 3 is 2.02 bits per heavy atom. The standard InChI is InChI=1S/C50H42BNOS/c1-5-6-15-34-22-25-39-38-20-13-14-21-46(38)54-49(39)48(34)52-42-26-23-35(32-16-9-7-10-17-32)28-40(42)51-41-29-36(33-18-11-8-12-19-33)24-27-44(41)53-45-31-37(50(2,3)4)30-43(52)47(45)51/h7-14,16-31H,5-6,15H2,1-4H3. The van der Waals surface area contributed by atoms with Crippen LogP contribution in [-0.2, 0) is 11.8 Å². The highest BCUT2D eigenvalue weighted by Crippen LogP contribution is 2.50. The molecule has 3 heterocycles. The fourth-order valence-corrected chi connectivity index (χ4v) is 9.94. The lowest BCUT2D eigenvalue weighted by molar-refractivity contribution is 0.483. The van der Waals surface area contributed by atoms with Gasteiger partial charge in [-0.3, -0.25) is 0 Å². The quantitative estimate of drug-likeness (QED) is 0.159. The van der Waals surface area contributed by atoms with Crippen molar-refractivity contribution in [2.24, 2.45) is 0 Å². The summed E-state index contributed by atoms with van der Waals surface area (Å²) in [5, 5.41) is 2.65. The Balaban J connectivity index is 1.32. The van der Waals surface area contributed by atoms with E-state index in [4.69, 9.17) is 4.74 Å². The molecule has 0 saturated heterocycles. The predicted molar refractivity (Wildman–Crippen MR) is 233 cm³/mol. The molecule has 0 aliphatic carbocycles. The molecule has 262 valence electrons. The largest absolute Gasteiger partial charge is 0.458 e. The maximum atomic E-state index is 7.07. The number of thiophene rings is 1. The second kappa shape index (κ2) is 12.8. The van der Waals surface area contributed by atoms with Crippen molar-refractivity contribution in [3.8, 4) is 33.8 Å². The molecule has 54 heavy (non-hydrogen) atoms. The topological polar surface area (TPSA) is 12.5 Å². The number of benzene rings is 7. The fraction of sp³-hybridized carbons (Fsp3) is 0.160. The zero-order chi connectivity index (χ0) is 36.6. The van der Waals surface area contributed by atoms with Crippen LogP contribution in [0.2, 0.25) is 0 Å². The maximum absolute atomic E-state index is 7.07. The molecule has 7 aromatic carbocycles. The molecule has 2 nitrogen and oxygen atoms in total. The number of ether oxygens (including phenoxy) is 1. The van der Waals surface area contributed by atoms with E-state index < -0.39 is 0 Å². The first-order valence-corrected chi connectivity index (χ1v) is 20.2. The predicted octanol–water partition coefficient (Wildman–Crippen LogP) is 12.4. The van der Waals surface area contributed by atoms with E-state index in [0.29, 0.717) is 0 Å². The molecule has 0 atom stereocenters. The summed E-state index contributed by atoms with van der Waals surface area (Å²) in [7, 11) is 0. The van der Waals surface area contributed by atoms with Gasteiger partial charge < -0.3 is 9.64 Å². The van der Waals surface area contributed by atoms with Crippen molar-refractivity contribution in [3.05, 3.63) is 157 Å². The summed E-state index contributed by atoms with van der Waals surface area (Å²) in [5.41, 5.74) is 15.0. The van der Waals surface area contributed by atoms with Gasteiger partial charge in [0.2, 0.25) is 0 Å². The van der Waals surface area contributed by atoms with Gasteiger partial charge in [-0.05, 0) is 98.4 Å². The van der Waals surface area contributed by atoms with Gasteiger partial charge in [0.05, 0.1) is 10.4 Å². The number of fused-ring (bicyclic) bond motifs is 7. The Labute approximate surface area is 322 Å². The summed E-state index contributed by atoms with van der Waals surface area (Å²) >= 11 is 1.93. The zero-order valence-corrected chi connectivity index (χ0v) is 32.1. The lowest BCUT2D eigenvalue weighted by Crippen LogP contribution is -2.59. The van der Waals surface area contributed by atoms with Gasteiger partial charge in [-0.15, -0.1) is 11.3 Å². The smallest absolute Gasteiger partial charge is 0.256 e. The van der Waals surface area contributed by atoms with E-state index in [1.165, 1.54) is 87.0 Å². The Morgan fingerprint density at radius 2 is 1.30 bits per heavy atom. The molecule has 8 aromatic rings. The van der Waals surface area contributed by atoms with Gasteiger partial charge in [0, 0.05) is 26.8 Å². The van der Waals surface area contributed by atoms with Crippen LogP contribution in [-0.4, -0.2) is 6.71 Å². The molecular weight excluding hydrogens is 673 g/mol. The summed E-state index contributed by atoms with van der Waals surface area (Å²) < 4.78 is 9.74. The molecule has 0 radical (unpaired) electrons. The lowest BCUT2D eigenvalue weighted by Gasteiger charge is -2.42. The van der Waals surface area contributed by atoms with Gasteiger partial charge in [0.15, 0.2) is 0 Å². The molecule has 0 fully saturated rings. The van der Waals surface area contributed by atoms with Crippen LogP contribution in [0.25, 0.3) is 42.4 Å². The highest BCUT2D eigenvalue weighted by atomic mass is 32.1. The van der Waals surface area contributed by atoms with E-state index in [0.717, 1.165) is 30.8 Å². The van der Waals surface area contributed by atoms with Crippen LogP contribution in [0.1, 0.15) is 51.7 Å². The molecule has 0 spiro atoms. The van der Waals surface area contributed by atoms with Gasteiger partial charge in [-0.1, -0.05) is 149 Å². The van der Waals surface area contributed by atoms with Crippen molar-refractivity contribution in [2.45, 2.75) is 52.4 Å².